The Labute approximate surface area is 183 Å². The third-order valence-electron chi connectivity index (χ3n) is 5.17. The summed E-state index contributed by atoms with van der Waals surface area (Å²) in [7, 11) is 0. The molecule has 1 amide bonds. The normalized spacial score (nSPS) is 24.5. The molecule has 2 unspecified atom stereocenters. The number of halogens is 5. The summed E-state index contributed by atoms with van der Waals surface area (Å²) in [6, 6.07) is 5.47. The highest BCUT2D eigenvalue weighted by Gasteiger charge is 2.62. The van der Waals surface area contributed by atoms with Crippen LogP contribution in [0.5, 0.6) is 5.75 Å². The van der Waals surface area contributed by atoms with Crippen molar-refractivity contribution < 1.29 is 41.0 Å². The van der Waals surface area contributed by atoms with Gasteiger partial charge < -0.3 is 25.3 Å². The number of fused-ring (bicyclic) bond motifs is 1. The van der Waals surface area contributed by atoms with Crippen molar-refractivity contribution in [3.8, 4) is 5.75 Å². The number of hydrogen-bond acceptors (Lipinski definition) is 7. The third-order valence-corrected chi connectivity index (χ3v) is 5.17. The zero-order valence-corrected chi connectivity index (χ0v) is 16.8. The number of nitrogens with one attached hydrogen (secondary N) is 1. The average molecular weight is 472 g/mol. The first kappa shape index (κ1) is 22.7. The summed E-state index contributed by atoms with van der Waals surface area (Å²) in [5.41, 5.74) is 1.41. The number of carbonyl (C=O) groups is 1. The molecule has 13 heteroatoms. The molecule has 1 fully saturated rings. The summed E-state index contributed by atoms with van der Waals surface area (Å²) in [6.07, 6.45) is -3.56. The number of anilines is 1. The van der Waals surface area contributed by atoms with E-state index < -0.39 is 42.3 Å². The Morgan fingerprint density at radius 3 is 2.70 bits per heavy atom. The number of alkyl halides is 4. The maximum absolute atomic E-state index is 15.5. The second-order valence-corrected chi connectivity index (χ2v) is 7.49. The van der Waals surface area contributed by atoms with Crippen LogP contribution in [-0.4, -0.2) is 55.2 Å². The van der Waals surface area contributed by atoms with Gasteiger partial charge in [-0.05, 0) is 30.3 Å². The molecule has 0 spiro atoms. The lowest BCUT2D eigenvalue weighted by Gasteiger charge is -2.38. The summed E-state index contributed by atoms with van der Waals surface area (Å²) in [5.74, 6) is -1.71. The summed E-state index contributed by atoms with van der Waals surface area (Å²) in [5, 5.41) is 2.48. The monoisotopic (exact) mass is 472 g/mol. The van der Waals surface area contributed by atoms with Crippen LogP contribution in [0.25, 0.3) is 0 Å². The number of aromatic nitrogens is 1. The summed E-state index contributed by atoms with van der Waals surface area (Å²) < 4.78 is 81.7. The minimum absolute atomic E-state index is 0.0967. The molecule has 2 atom stereocenters. The summed E-state index contributed by atoms with van der Waals surface area (Å²) in [6.45, 7) is -2.65. The van der Waals surface area contributed by atoms with E-state index in [9.17, 15) is 22.4 Å². The second-order valence-electron chi connectivity index (χ2n) is 7.49. The Balaban J connectivity index is 1.55. The van der Waals surface area contributed by atoms with E-state index in [1.54, 1.807) is 0 Å². The molecule has 0 aliphatic carbocycles. The number of benzene rings is 1. The van der Waals surface area contributed by atoms with E-state index in [-0.39, 0.29) is 41.9 Å². The number of amidine groups is 1. The number of carbonyl (C=O) groups excluding carboxylic acids is 1. The van der Waals surface area contributed by atoms with E-state index >= 15 is 4.39 Å². The molecule has 8 nitrogen and oxygen atoms in total. The van der Waals surface area contributed by atoms with Crippen molar-refractivity contribution in [3.63, 3.8) is 0 Å². The van der Waals surface area contributed by atoms with Crippen LogP contribution in [0.2, 0.25) is 0 Å². The first-order chi connectivity index (χ1) is 15.5. The molecule has 4 rings (SSSR count). The van der Waals surface area contributed by atoms with Crippen molar-refractivity contribution in [3.05, 3.63) is 53.6 Å². The maximum atomic E-state index is 15.5. The van der Waals surface area contributed by atoms with Crippen LogP contribution in [0.1, 0.15) is 16.1 Å². The van der Waals surface area contributed by atoms with Crippen molar-refractivity contribution in [2.45, 2.75) is 17.4 Å². The first-order valence-corrected chi connectivity index (χ1v) is 9.53. The smallest absolute Gasteiger partial charge is 0.422 e. The fourth-order valence-corrected chi connectivity index (χ4v) is 3.57. The van der Waals surface area contributed by atoms with E-state index in [4.69, 9.17) is 15.2 Å². The van der Waals surface area contributed by atoms with Gasteiger partial charge >= 0.3 is 6.18 Å². The standard InChI is InChI=1S/C20H17F5N4O4/c21-14-3-1-11(5-13(14)19-9-31-7-18(19,22)8-33-17(26)29-19)28-16(30)15-4-2-12(6-27-15)32-10-20(23,24)25/h1-6H,7-10H2,(H2,26,29)(H,28,30). The molecule has 2 aromatic rings. The number of nitrogens with zero attached hydrogens (tertiary/aromatic N) is 2. The van der Waals surface area contributed by atoms with Gasteiger partial charge in [-0.25, -0.2) is 18.8 Å². The molecular weight excluding hydrogens is 455 g/mol. The van der Waals surface area contributed by atoms with Gasteiger partial charge in [0.1, 0.15) is 23.9 Å². The number of hydrogen-bond donors (Lipinski definition) is 2. The number of pyridine rings is 1. The lowest BCUT2D eigenvalue weighted by Crippen LogP contribution is -2.55. The molecule has 0 bridgehead atoms. The molecule has 33 heavy (non-hydrogen) atoms. The molecule has 1 aromatic heterocycles. The van der Waals surface area contributed by atoms with Crippen molar-refractivity contribution in [2.75, 3.05) is 31.7 Å². The largest absolute Gasteiger partial charge is 0.483 e. The summed E-state index contributed by atoms with van der Waals surface area (Å²) in [4.78, 5) is 20.3. The Morgan fingerprint density at radius 2 is 2.00 bits per heavy atom. The maximum Gasteiger partial charge on any atom is 0.422 e. The van der Waals surface area contributed by atoms with Crippen LogP contribution < -0.4 is 15.8 Å². The van der Waals surface area contributed by atoms with Gasteiger partial charge in [-0.3, -0.25) is 4.79 Å². The molecule has 3 heterocycles. The van der Waals surface area contributed by atoms with Gasteiger partial charge in [-0.2, -0.15) is 13.2 Å². The molecule has 0 saturated carbocycles. The van der Waals surface area contributed by atoms with E-state index in [2.05, 4.69) is 20.0 Å². The van der Waals surface area contributed by atoms with Gasteiger partial charge in [-0.15, -0.1) is 0 Å². The predicted octanol–water partition coefficient (Wildman–Crippen LogP) is 2.69. The minimum atomic E-state index is -4.52. The third kappa shape index (κ3) is 4.40. The van der Waals surface area contributed by atoms with Crippen LogP contribution in [0.4, 0.5) is 27.6 Å². The Bertz CT molecular complexity index is 1090. The highest BCUT2D eigenvalue weighted by Crippen LogP contribution is 2.48. The lowest BCUT2D eigenvalue weighted by atomic mass is 9.78. The van der Waals surface area contributed by atoms with E-state index in [1.165, 1.54) is 12.1 Å². The van der Waals surface area contributed by atoms with Gasteiger partial charge in [0, 0.05) is 11.3 Å². The van der Waals surface area contributed by atoms with E-state index in [0.717, 1.165) is 24.4 Å². The van der Waals surface area contributed by atoms with Gasteiger partial charge in [0.05, 0.1) is 19.4 Å². The molecule has 3 N–H and O–H groups in total. The number of amides is 1. The van der Waals surface area contributed by atoms with Crippen molar-refractivity contribution in [1.29, 1.82) is 0 Å². The Kier molecular flexibility index (Phi) is 5.60. The molecule has 0 radical (unpaired) electrons. The van der Waals surface area contributed by atoms with E-state index in [1.807, 2.05) is 0 Å². The topological polar surface area (TPSA) is 108 Å². The number of ether oxygens (including phenoxy) is 3. The van der Waals surface area contributed by atoms with Gasteiger partial charge in [0.2, 0.25) is 0 Å². The molecule has 176 valence electrons. The van der Waals surface area contributed by atoms with Crippen molar-refractivity contribution in [1.82, 2.24) is 4.98 Å². The van der Waals surface area contributed by atoms with Crippen molar-refractivity contribution in [2.24, 2.45) is 10.7 Å². The number of nitrogens with two attached hydrogens (primary N) is 1. The molecular formula is C20H17F5N4O4. The van der Waals surface area contributed by atoms with Crippen LogP contribution in [-0.2, 0) is 15.0 Å². The first-order valence-electron chi connectivity index (χ1n) is 9.53. The van der Waals surface area contributed by atoms with Crippen LogP contribution in [0.15, 0.2) is 41.5 Å². The highest BCUT2D eigenvalue weighted by atomic mass is 19.4. The fourth-order valence-electron chi connectivity index (χ4n) is 3.57. The molecule has 2 aliphatic heterocycles. The van der Waals surface area contributed by atoms with Crippen molar-refractivity contribution >= 4 is 17.6 Å². The zero-order chi connectivity index (χ0) is 23.9. The van der Waals surface area contributed by atoms with Crippen LogP contribution in [0.3, 0.4) is 0 Å². The average Bonchev–Trinajstić information content (AvgIpc) is 3.10. The zero-order valence-electron chi connectivity index (χ0n) is 16.8. The Hall–Kier alpha value is -3.48. The minimum Gasteiger partial charge on any atom is -0.483 e. The quantitative estimate of drug-likeness (QED) is 0.648. The van der Waals surface area contributed by atoms with Gasteiger partial charge in [0.15, 0.2) is 17.8 Å². The molecule has 1 aromatic carbocycles. The summed E-state index contributed by atoms with van der Waals surface area (Å²) >= 11 is 0. The number of rotatable bonds is 5. The molecule has 1 saturated heterocycles. The van der Waals surface area contributed by atoms with Gasteiger partial charge in [-0.1, -0.05) is 0 Å². The van der Waals surface area contributed by atoms with E-state index in [0.29, 0.717) is 0 Å². The van der Waals surface area contributed by atoms with Crippen LogP contribution >= 0.6 is 0 Å². The fraction of sp³-hybridized carbons (Fsp3) is 0.350. The highest BCUT2D eigenvalue weighted by molar-refractivity contribution is 6.02. The van der Waals surface area contributed by atoms with Crippen LogP contribution in [0, 0.1) is 5.82 Å². The molecule has 2 aliphatic rings. The number of aliphatic imine (C=N–C) groups is 1. The van der Waals surface area contributed by atoms with Gasteiger partial charge in [0.25, 0.3) is 11.9 Å². The lowest BCUT2D eigenvalue weighted by molar-refractivity contribution is -0.153. The SMILES string of the molecule is NC1=NC2(c3cc(NC(=O)c4ccc(OCC(F)(F)F)cn4)ccc3F)COCC2(F)CO1. The second kappa shape index (κ2) is 8.14. The predicted molar refractivity (Wildman–Crippen MR) is 104 cm³/mol. The Morgan fingerprint density at radius 1 is 1.21 bits per heavy atom.